The molecule has 0 fully saturated rings. The molecule has 0 aromatic rings. The van der Waals surface area contributed by atoms with E-state index >= 15 is 0 Å². The van der Waals surface area contributed by atoms with Crippen molar-refractivity contribution in [3.8, 4) is 0 Å². The smallest absolute Gasteiger partial charge is 0.0727 e. The minimum atomic E-state index is -0.313. The number of rotatable bonds is 1. The first kappa shape index (κ1) is 5.79. The van der Waals surface area contributed by atoms with Crippen LogP contribution in [0.2, 0.25) is 0 Å². The molecule has 0 saturated carbocycles. The summed E-state index contributed by atoms with van der Waals surface area (Å²) in [5.41, 5.74) is 0. The van der Waals surface area contributed by atoms with E-state index in [1.54, 1.807) is 6.08 Å². The second-order valence-electron chi connectivity index (χ2n) is 2.13. The lowest BCUT2D eigenvalue weighted by atomic mass is 10.1. The second kappa shape index (κ2) is 2.29. The molecule has 1 aliphatic carbocycles. The van der Waals surface area contributed by atoms with Crippen LogP contribution in [0.25, 0.3) is 0 Å². The lowest BCUT2D eigenvalue weighted by Crippen LogP contribution is -2.04. The highest BCUT2D eigenvalue weighted by atomic mass is 16.3. The predicted octanol–water partition coefficient (Wildman–Crippen LogP) is -0.0843. The molecule has 0 spiro atoms. The van der Waals surface area contributed by atoms with E-state index in [1.165, 1.54) is 0 Å². The van der Waals surface area contributed by atoms with E-state index in [9.17, 15) is 0 Å². The first-order valence-corrected chi connectivity index (χ1v) is 2.80. The highest BCUT2D eigenvalue weighted by Crippen LogP contribution is 2.15. The van der Waals surface area contributed by atoms with Gasteiger partial charge in [0.1, 0.15) is 0 Å². The van der Waals surface area contributed by atoms with Gasteiger partial charge in [0.25, 0.3) is 0 Å². The van der Waals surface area contributed by atoms with E-state index in [4.69, 9.17) is 10.2 Å². The molecule has 0 aromatic carbocycles. The summed E-state index contributed by atoms with van der Waals surface area (Å²) in [7, 11) is 0. The Morgan fingerprint density at radius 1 is 1.50 bits per heavy atom. The van der Waals surface area contributed by atoms with Gasteiger partial charge >= 0.3 is 0 Å². The Bertz CT molecular complexity index is 98.7. The fourth-order valence-corrected chi connectivity index (χ4v) is 0.888. The average molecular weight is 114 g/mol. The summed E-state index contributed by atoms with van der Waals surface area (Å²) in [6.07, 6.45) is 3.95. The van der Waals surface area contributed by atoms with Crippen LogP contribution in [0.3, 0.4) is 0 Å². The van der Waals surface area contributed by atoms with E-state index < -0.39 is 0 Å². The van der Waals surface area contributed by atoms with Crippen molar-refractivity contribution in [2.45, 2.75) is 12.5 Å². The number of hydrogen-bond acceptors (Lipinski definition) is 2. The van der Waals surface area contributed by atoms with E-state index in [1.807, 2.05) is 6.08 Å². The van der Waals surface area contributed by atoms with Crippen molar-refractivity contribution in [3.05, 3.63) is 12.2 Å². The predicted molar refractivity (Wildman–Crippen MR) is 30.3 cm³/mol. The zero-order valence-electron chi connectivity index (χ0n) is 4.62. The van der Waals surface area contributed by atoms with Crippen molar-refractivity contribution < 1.29 is 10.2 Å². The maximum Gasteiger partial charge on any atom is 0.0727 e. The largest absolute Gasteiger partial charge is 0.396 e. The Morgan fingerprint density at radius 2 is 2.25 bits per heavy atom. The summed E-state index contributed by atoms with van der Waals surface area (Å²) < 4.78 is 0. The van der Waals surface area contributed by atoms with Gasteiger partial charge in [-0.25, -0.2) is 0 Å². The molecular formula is C6H10O2. The van der Waals surface area contributed by atoms with Gasteiger partial charge < -0.3 is 10.2 Å². The van der Waals surface area contributed by atoms with Crippen molar-refractivity contribution in [2.24, 2.45) is 5.92 Å². The third kappa shape index (κ3) is 1.08. The zero-order valence-corrected chi connectivity index (χ0v) is 4.62. The molecule has 46 valence electrons. The van der Waals surface area contributed by atoms with Gasteiger partial charge in [0.2, 0.25) is 0 Å². The SMILES string of the molecule is OC[C@@H]1C=CC(O)C1. The van der Waals surface area contributed by atoms with Crippen LogP contribution in [0, 0.1) is 5.92 Å². The van der Waals surface area contributed by atoms with Crippen molar-refractivity contribution in [3.63, 3.8) is 0 Å². The Kier molecular flexibility index (Phi) is 1.65. The standard InChI is InChI=1S/C6H10O2/c7-4-5-1-2-6(8)3-5/h1-2,5-8H,3-4H2/t5-,6?/m1/s1. The van der Waals surface area contributed by atoms with E-state index in [2.05, 4.69) is 0 Å². The van der Waals surface area contributed by atoms with Gasteiger partial charge in [-0.15, -0.1) is 0 Å². The Hall–Kier alpha value is -0.340. The van der Waals surface area contributed by atoms with Gasteiger partial charge in [0.05, 0.1) is 6.10 Å². The van der Waals surface area contributed by atoms with Gasteiger partial charge in [0.15, 0.2) is 0 Å². The monoisotopic (exact) mass is 114 g/mol. The minimum absolute atomic E-state index is 0.160. The molecule has 0 saturated heterocycles. The number of hydrogen-bond donors (Lipinski definition) is 2. The maximum absolute atomic E-state index is 8.83. The molecule has 0 aromatic heterocycles. The molecule has 0 bridgehead atoms. The van der Waals surface area contributed by atoms with Crippen molar-refractivity contribution in [1.29, 1.82) is 0 Å². The van der Waals surface area contributed by atoms with Gasteiger partial charge in [-0.2, -0.15) is 0 Å². The van der Waals surface area contributed by atoms with Crippen molar-refractivity contribution in [2.75, 3.05) is 6.61 Å². The van der Waals surface area contributed by atoms with Gasteiger partial charge in [0, 0.05) is 12.5 Å². The van der Waals surface area contributed by atoms with E-state index in [-0.39, 0.29) is 18.6 Å². The van der Waals surface area contributed by atoms with Crippen LogP contribution in [-0.4, -0.2) is 22.9 Å². The summed E-state index contributed by atoms with van der Waals surface area (Å²) in [5, 5.41) is 17.4. The topological polar surface area (TPSA) is 40.5 Å². The summed E-state index contributed by atoms with van der Waals surface area (Å²) >= 11 is 0. The normalized spacial score (nSPS) is 36.2. The van der Waals surface area contributed by atoms with Crippen LogP contribution >= 0.6 is 0 Å². The van der Waals surface area contributed by atoms with Crippen LogP contribution in [0.15, 0.2) is 12.2 Å². The van der Waals surface area contributed by atoms with E-state index in [0.29, 0.717) is 6.42 Å². The minimum Gasteiger partial charge on any atom is -0.396 e. The third-order valence-corrected chi connectivity index (χ3v) is 1.38. The van der Waals surface area contributed by atoms with Crippen molar-refractivity contribution >= 4 is 0 Å². The molecule has 2 atom stereocenters. The zero-order chi connectivity index (χ0) is 5.98. The van der Waals surface area contributed by atoms with Gasteiger partial charge in [-0.1, -0.05) is 12.2 Å². The lowest BCUT2D eigenvalue weighted by Gasteiger charge is -2.01. The molecule has 2 nitrogen and oxygen atoms in total. The summed E-state index contributed by atoms with van der Waals surface area (Å²) in [4.78, 5) is 0. The number of aliphatic hydroxyl groups is 2. The van der Waals surface area contributed by atoms with Crippen LogP contribution in [0.4, 0.5) is 0 Å². The highest BCUT2D eigenvalue weighted by molar-refractivity contribution is 5.01. The second-order valence-corrected chi connectivity index (χ2v) is 2.13. The molecule has 1 rings (SSSR count). The summed E-state index contributed by atoms with van der Waals surface area (Å²) in [5.74, 6) is 0.199. The lowest BCUT2D eigenvalue weighted by molar-refractivity contribution is 0.181. The first-order chi connectivity index (χ1) is 3.83. The van der Waals surface area contributed by atoms with Crippen LogP contribution in [0.5, 0.6) is 0 Å². The van der Waals surface area contributed by atoms with Crippen LogP contribution < -0.4 is 0 Å². The Morgan fingerprint density at radius 3 is 2.50 bits per heavy atom. The molecule has 0 heterocycles. The van der Waals surface area contributed by atoms with Crippen molar-refractivity contribution in [1.82, 2.24) is 0 Å². The molecule has 2 N–H and O–H groups in total. The maximum atomic E-state index is 8.83. The van der Waals surface area contributed by atoms with Gasteiger partial charge in [-0.3, -0.25) is 0 Å². The Balaban J connectivity index is 2.34. The fourth-order valence-electron chi connectivity index (χ4n) is 0.888. The third-order valence-electron chi connectivity index (χ3n) is 1.38. The average Bonchev–Trinajstić information content (AvgIpc) is 2.14. The molecule has 0 aliphatic heterocycles. The molecule has 1 aliphatic rings. The fraction of sp³-hybridized carbons (Fsp3) is 0.667. The van der Waals surface area contributed by atoms with Crippen LogP contribution in [-0.2, 0) is 0 Å². The molecule has 1 unspecified atom stereocenters. The molecule has 8 heavy (non-hydrogen) atoms. The molecular weight excluding hydrogens is 104 g/mol. The van der Waals surface area contributed by atoms with E-state index in [0.717, 1.165) is 0 Å². The molecule has 2 heteroatoms. The number of aliphatic hydroxyl groups excluding tert-OH is 2. The quantitative estimate of drug-likeness (QED) is 0.468. The molecule has 0 amide bonds. The van der Waals surface area contributed by atoms with Gasteiger partial charge in [-0.05, 0) is 6.42 Å². The Labute approximate surface area is 48.5 Å². The summed E-state index contributed by atoms with van der Waals surface area (Å²) in [6, 6.07) is 0. The molecule has 0 radical (unpaired) electrons. The van der Waals surface area contributed by atoms with Crippen LogP contribution in [0.1, 0.15) is 6.42 Å². The summed E-state index contributed by atoms with van der Waals surface area (Å²) in [6.45, 7) is 0.160. The first-order valence-electron chi connectivity index (χ1n) is 2.80. The highest BCUT2D eigenvalue weighted by Gasteiger charge is 2.14.